The summed E-state index contributed by atoms with van der Waals surface area (Å²) in [6.07, 6.45) is 6.34. The Bertz CT molecular complexity index is 1510. The fourth-order valence-corrected chi connectivity index (χ4v) is 5.58. The van der Waals surface area contributed by atoms with E-state index in [0.29, 0.717) is 28.6 Å². The maximum Gasteiger partial charge on any atom is 0.254 e. The summed E-state index contributed by atoms with van der Waals surface area (Å²) in [5.74, 6) is 0.398. The van der Waals surface area contributed by atoms with Gasteiger partial charge < -0.3 is 20.3 Å². The highest BCUT2D eigenvalue weighted by molar-refractivity contribution is 5.96. The van der Waals surface area contributed by atoms with Crippen LogP contribution in [0.4, 0.5) is 15.9 Å². The molecule has 0 aliphatic carbocycles. The largest absolute Gasteiger partial charge is 0.494 e. The third-order valence-corrected chi connectivity index (χ3v) is 7.75. The Balaban J connectivity index is 1.17. The average Bonchev–Trinajstić information content (AvgIpc) is 3.64. The Morgan fingerprint density at radius 3 is 2.69 bits per heavy atom. The van der Waals surface area contributed by atoms with Gasteiger partial charge in [-0.2, -0.15) is 0 Å². The van der Waals surface area contributed by atoms with Gasteiger partial charge in [0.1, 0.15) is 0 Å². The Labute approximate surface area is 226 Å². The number of amides is 1. The number of aromatic nitrogens is 3. The Morgan fingerprint density at radius 2 is 1.97 bits per heavy atom. The number of carbonyl (C=O) groups excluding carboxylic acids is 1. The van der Waals surface area contributed by atoms with Crippen LogP contribution in [0.1, 0.15) is 22.3 Å². The highest BCUT2D eigenvalue weighted by atomic mass is 19.1. The van der Waals surface area contributed by atoms with Gasteiger partial charge in [0.15, 0.2) is 23.0 Å². The first-order valence-corrected chi connectivity index (χ1v) is 13.3. The van der Waals surface area contributed by atoms with E-state index in [1.807, 2.05) is 34.4 Å². The number of imidazole rings is 1. The number of benzene rings is 2. The summed E-state index contributed by atoms with van der Waals surface area (Å²) >= 11 is 0. The minimum absolute atomic E-state index is 0.0769. The number of hydrogen-bond donors (Lipinski definition) is 2. The Hall–Kier alpha value is -4.02. The predicted molar refractivity (Wildman–Crippen MR) is 148 cm³/mol. The number of carbonyl (C=O) groups is 1. The van der Waals surface area contributed by atoms with Crippen LogP contribution in [-0.4, -0.2) is 82.5 Å². The summed E-state index contributed by atoms with van der Waals surface area (Å²) in [6, 6.07) is 11.2. The van der Waals surface area contributed by atoms with Crippen LogP contribution in [0.2, 0.25) is 0 Å². The summed E-state index contributed by atoms with van der Waals surface area (Å²) in [5.41, 5.74) is 4.44. The van der Waals surface area contributed by atoms with Crippen LogP contribution in [0.5, 0.6) is 5.75 Å². The SMILES string of the molecule is COc1ccc(-c2cnc3c(Nc4ccc(C(=O)N5CCN([C@H]6CCNC6)CC5)c(C)c4)nccn23)cc1F. The molecule has 2 aromatic carbocycles. The lowest BCUT2D eigenvalue weighted by molar-refractivity contribution is 0.0583. The highest BCUT2D eigenvalue weighted by Gasteiger charge is 2.28. The smallest absolute Gasteiger partial charge is 0.254 e. The molecule has 2 fully saturated rings. The lowest BCUT2D eigenvalue weighted by Crippen LogP contribution is -2.52. The van der Waals surface area contributed by atoms with E-state index in [-0.39, 0.29) is 11.7 Å². The van der Waals surface area contributed by atoms with Crippen molar-refractivity contribution in [2.45, 2.75) is 19.4 Å². The van der Waals surface area contributed by atoms with Crippen molar-refractivity contribution in [2.24, 2.45) is 0 Å². The van der Waals surface area contributed by atoms with E-state index >= 15 is 0 Å². The number of fused-ring (bicyclic) bond motifs is 1. The van der Waals surface area contributed by atoms with Gasteiger partial charge in [0, 0.05) is 68.0 Å². The van der Waals surface area contributed by atoms with Crippen molar-refractivity contribution >= 4 is 23.1 Å². The number of ether oxygens (including phenoxy) is 1. The van der Waals surface area contributed by atoms with E-state index in [0.717, 1.165) is 56.2 Å². The molecule has 0 spiro atoms. The third kappa shape index (κ3) is 4.93. The van der Waals surface area contributed by atoms with E-state index in [1.165, 1.54) is 19.6 Å². The number of hydrogen-bond acceptors (Lipinski definition) is 7. The average molecular weight is 530 g/mol. The van der Waals surface area contributed by atoms with Crippen LogP contribution in [0.25, 0.3) is 16.9 Å². The van der Waals surface area contributed by atoms with Crippen molar-refractivity contribution < 1.29 is 13.9 Å². The molecule has 2 aliphatic heterocycles. The van der Waals surface area contributed by atoms with E-state index < -0.39 is 5.82 Å². The summed E-state index contributed by atoms with van der Waals surface area (Å²) in [7, 11) is 1.44. The molecule has 0 unspecified atom stereocenters. The van der Waals surface area contributed by atoms with Crippen LogP contribution in [0.15, 0.2) is 55.0 Å². The second-order valence-electron chi connectivity index (χ2n) is 10.1. The minimum atomic E-state index is -0.435. The van der Waals surface area contributed by atoms with Gasteiger partial charge in [-0.15, -0.1) is 0 Å². The standard InChI is InChI=1S/C29H32FN7O2/c1-19-15-21(4-5-23(19)29(38)36-13-11-35(12-14-36)22-7-8-31-17-22)34-27-28-33-18-25(37(28)10-9-32-27)20-3-6-26(39-2)24(30)16-20/h3-6,9-10,15-16,18,22,31H,7-8,11-14,17H2,1-2H3,(H,32,34)/t22-/m0/s1. The Kier molecular flexibility index (Phi) is 6.88. The molecule has 1 atom stereocenters. The molecule has 2 aliphatic rings. The molecule has 4 heterocycles. The van der Waals surface area contributed by atoms with Crippen molar-refractivity contribution in [3.8, 4) is 17.0 Å². The van der Waals surface area contributed by atoms with Gasteiger partial charge >= 0.3 is 0 Å². The van der Waals surface area contributed by atoms with E-state index in [2.05, 4.69) is 25.5 Å². The molecule has 4 aromatic rings. The number of nitrogens with one attached hydrogen (secondary N) is 2. The van der Waals surface area contributed by atoms with Gasteiger partial charge in [0.05, 0.1) is 19.0 Å². The fraction of sp³-hybridized carbons (Fsp3) is 0.345. The van der Waals surface area contributed by atoms with Crippen LogP contribution in [-0.2, 0) is 0 Å². The monoisotopic (exact) mass is 529 g/mol. The van der Waals surface area contributed by atoms with Gasteiger partial charge in [-0.3, -0.25) is 14.1 Å². The molecule has 2 aromatic heterocycles. The highest BCUT2D eigenvalue weighted by Crippen LogP contribution is 2.29. The number of rotatable bonds is 6. The van der Waals surface area contributed by atoms with Crippen molar-refractivity contribution in [3.63, 3.8) is 0 Å². The zero-order valence-corrected chi connectivity index (χ0v) is 22.2. The van der Waals surface area contributed by atoms with Gasteiger partial charge in [0.25, 0.3) is 5.91 Å². The van der Waals surface area contributed by atoms with E-state index in [4.69, 9.17) is 4.74 Å². The summed E-state index contributed by atoms with van der Waals surface area (Å²) in [5, 5.41) is 6.77. The van der Waals surface area contributed by atoms with Crippen molar-refractivity contribution in [3.05, 3.63) is 71.9 Å². The molecule has 0 radical (unpaired) electrons. The molecule has 9 nitrogen and oxygen atoms in total. The second-order valence-corrected chi connectivity index (χ2v) is 10.1. The molecule has 39 heavy (non-hydrogen) atoms. The van der Waals surface area contributed by atoms with Crippen molar-refractivity contribution in [2.75, 3.05) is 51.7 Å². The number of nitrogens with zero attached hydrogens (tertiary/aromatic N) is 5. The van der Waals surface area contributed by atoms with Crippen LogP contribution < -0.4 is 15.4 Å². The topological polar surface area (TPSA) is 87.0 Å². The Morgan fingerprint density at radius 1 is 1.13 bits per heavy atom. The zero-order chi connectivity index (χ0) is 26.9. The molecular weight excluding hydrogens is 497 g/mol. The quantitative estimate of drug-likeness (QED) is 0.394. The number of anilines is 2. The predicted octanol–water partition coefficient (Wildman–Crippen LogP) is 3.72. The number of aryl methyl sites for hydroxylation is 1. The van der Waals surface area contributed by atoms with Crippen LogP contribution in [0.3, 0.4) is 0 Å². The summed E-state index contributed by atoms with van der Waals surface area (Å²) < 4.78 is 21.2. The van der Waals surface area contributed by atoms with Crippen molar-refractivity contribution in [1.29, 1.82) is 0 Å². The maximum atomic E-state index is 14.3. The number of methoxy groups -OCH3 is 1. The lowest BCUT2D eigenvalue weighted by atomic mass is 10.1. The van der Waals surface area contributed by atoms with E-state index in [1.54, 1.807) is 30.7 Å². The number of halogens is 1. The summed E-state index contributed by atoms with van der Waals surface area (Å²) in [6.45, 7) is 7.42. The van der Waals surface area contributed by atoms with Crippen molar-refractivity contribution in [1.82, 2.24) is 29.5 Å². The van der Waals surface area contributed by atoms with Crippen LogP contribution in [0, 0.1) is 12.7 Å². The molecule has 6 rings (SSSR count). The second kappa shape index (κ2) is 10.6. The zero-order valence-electron chi connectivity index (χ0n) is 22.2. The molecular formula is C29H32FN7O2. The maximum absolute atomic E-state index is 14.3. The first kappa shape index (κ1) is 25.3. The first-order chi connectivity index (χ1) is 19.0. The van der Waals surface area contributed by atoms with Gasteiger partial charge in [-0.1, -0.05) is 0 Å². The molecule has 0 saturated carbocycles. The molecule has 202 valence electrons. The molecule has 1 amide bonds. The normalized spacial score (nSPS) is 18.0. The molecule has 2 N–H and O–H groups in total. The lowest BCUT2D eigenvalue weighted by Gasteiger charge is -2.38. The fourth-order valence-electron chi connectivity index (χ4n) is 5.58. The van der Waals surface area contributed by atoms with Gasteiger partial charge in [0.2, 0.25) is 0 Å². The molecule has 10 heteroatoms. The first-order valence-electron chi connectivity index (χ1n) is 13.3. The molecule has 2 saturated heterocycles. The van der Waals surface area contributed by atoms with Crippen LogP contribution >= 0.6 is 0 Å². The molecule has 0 bridgehead atoms. The summed E-state index contributed by atoms with van der Waals surface area (Å²) in [4.78, 5) is 26.8. The minimum Gasteiger partial charge on any atom is -0.494 e. The number of piperazine rings is 1. The van der Waals surface area contributed by atoms with E-state index in [9.17, 15) is 9.18 Å². The van der Waals surface area contributed by atoms with Gasteiger partial charge in [-0.25, -0.2) is 14.4 Å². The van der Waals surface area contributed by atoms with Gasteiger partial charge in [-0.05, 0) is 61.9 Å². The third-order valence-electron chi connectivity index (χ3n) is 7.75.